The molecule has 3 unspecified atom stereocenters. The molecule has 0 aliphatic heterocycles. The fourth-order valence-electron chi connectivity index (χ4n) is 4.41. The van der Waals surface area contributed by atoms with Crippen LogP contribution in [0.3, 0.4) is 0 Å². The predicted molar refractivity (Wildman–Crippen MR) is 126 cm³/mol. The van der Waals surface area contributed by atoms with E-state index in [-0.39, 0.29) is 23.9 Å². The van der Waals surface area contributed by atoms with Crippen LogP contribution in [0.25, 0.3) is 0 Å². The van der Waals surface area contributed by atoms with Gasteiger partial charge in [-0.2, -0.15) is 0 Å². The average Bonchev–Trinajstić information content (AvgIpc) is 2.75. The van der Waals surface area contributed by atoms with Crippen LogP contribution in [0.4, 0.5) is 5.69 Å². The molecule has 0 spiro atoms. The van der Waals surface area contributed by atoms with Gasteiger partial charge in [-0.3, -0.25) is 14.5 Å². The van der Waals surface area contributed by atoms with E-state index in [0.29, 0.717) is 19.0 Å². The molecule has 1 aliphatic rings. The van der Waals surface area contributed by atoms with Crippen LogP contribution in [0.1, 0.15) is 63.6 Å². The molecule has 3 atom stereocenters. The third-order valence-corrected chi connectivity index (χ3v) is 6.27. The second-order valence-electron chi connectivity index (χ2n) is 8.81. The zero-order chi connectivity index (χ0) is 22.2. The molecule has 0 saturated heterocycles. The van der Waals surface area contributed by atoms with Gasteiger partial charge in [0, 0.05) is 31.2 Å². The van der Waals surface area contributed by atoms with Gasteiger partial charge in [0.05, 0.1) is 6.54 Å². The molecular formula is C26H35N3O2. The van der Waals surface area contributed by atoms with Crippen molar-refractivity contribution < 1.29 is 9.59 Å². The molecule has 2 amide bonds. The van der Waals surface area contributed by atoms with E-state index in [4.69, 9.17) is 0 Å². The molecule has 1 saturated carbocycles. The van der Waals surface area contributed by atoms with Crippen LogP contribution in [0.5, 0.6) is 0 Å². The molecule has 0 radical (unpaired) electrons. The summed E-state index contributed by atoms with van der Waals surface area (Å²) in [5.74, 6) is 0.526. The first-order chi connectivity index (χ1) is 14.9. The van der Waals surface area contributed by atoms with Gasteiger partial charge in [0.25, 0.3) is 0 Å². The minimum atomic E-state index is -0.0908. The maximum atomic E-state index is 13.0. The monoisotopic (exact) mass is 421 g/mol. The molecule has 2 N–H and O–H groups in total. The summed E-state index contributed by atoms with van der Waals surface area (Å²) >= 11 is 0. The Morgan fingerprint density at radius 2 is 1.81 bits per heavy atom. The molecule has 1 fully saturated rings. The van der Waals surface area contributed by atoms with Crippen molar-refractivity contribution in [2.75, 3.05) is 11.9 Å². The highest BCUT2D eigenvalue weighted by atomic mass is 16.2. The van der Waals surface area contributed by atoms with Gasteiger partial charge >= 0.3 is 0 Å². The summed E-state index contributed by atoms with van der Waals surface area (Å²) in [7, 11) is 0. The highest BCUT2D eigenvalue weighted by Crippen LogP contribution is 2.26. The molecule has 31 heavy (non-hydrogen) atoms. The van der Waals surface area contributed by atoms with E-state index in [1.807, 2.05) is 36.4 Å². The van der Waals surface area contributed by atoms with Gasteiger partial charge in [-0.25, -0.2) is 0 Å². The minimum absolute atomic E-state index is 0.0171. The topological polar surface area (TPSA) is 61.4 Å². The maximum absolute atomic E-state index is 13.0. The van der Waals surface area contributed by atoms with Crippen LogP contribution in [0, 0.1) is 5.92 Å². The van der Waals surface area contributed by atoms with E-state index in [1.165, 1.54) is 31.7 Å². The Hall–Kier alpha value is -2.66. The fourth-order valence-corrected chi connectivity index (χ4v) is 4.41. The first-order valence-electron chi connectivity index (χ1n) is 11.4. The lowest BCUT2D eigenvalue weighted by Gasteiger charge is -2.32. The second kappa shape index (κ2) is 11.1. The van der Waals surface area contributed by atoms with Gasteiger partial charge in [-0.1, -0.05) is 62.2 Å². The molecule has 0 aromatic heterocycles. The number of hydrogen-bond donors (Lipinski definition) is 2. The Bertz CT molecular complexity index is 868. The lowest BCUT2D eigenvalue weighted by Crippen LogP contribution is -2.46. The van der Waals surface area contributed by atoms with Crippen LogP contribution in [0.15, 0.2) is 54.6 Å². The Morgan fingerprint density at radius 3 is 2.52 bits per heavy atom. The normalized spacial score (nSPS) is 19.6. The number of carbonyl (C=O) groups is 2. The molecule has 5 heteroatoms. The average molecular weight is 422 g/mol. The zero-order valence-electron chi connectivity index (χ0n) is 18.9. The number of nitrogens with one attached hydrogen (secondary N) is 2. The van der Waals surface area contributed by atoms with Gasteiger partial charge < -0.3 is 10.6 Å². The number of benzene rings is 2. The van der Waals surface area contributed by atoms with E-state index in [1.54, 1.807) is 0 Å². The maximum Gasteiger partial charge on any atom is 0.234 e. The standard InChI is InChI=1S/C26H35N3O2/c1-19-10-7-8-15-25(19)28-26(31)18-29(17-22-11-5-4-6-12-22)20(2)23-13-9-14-24(16-23)27-21(3)30/h4-6,9,11-14,16,19-20,25H,7-8,10,15,17-18H2,1-3H3,(H,27,30)(H,28,31). The van der Waals surface area contributed by atoms with Crippen LogP contribution in [0.2, 0.25) is 0 Å². The van der Waals surface area contributed by atoms with Crippen LogP contribution >= 0.6 is 0 Å². The molecule has 1 aliphatic carbocycles. The SMILES string of the molecule is CC(=O)Nc1cccc(C(C)N(CC(=O)NC2CCCCC2C)Cc2ccccc2)c1. The summed E-state index contributed by atoms with van der Waals surface area (Å²) in [6.07, 6.45) is 4.70. The summed E-state index contributed by atoms with van der Waals surface area (Å²) in [4.78, 5) is 26.7. The molecule has 2 aromatic carbocycles. The summed E-state index contributed by atoms with van der Waals surface area (Å²) in [5.41, 5.74) is 3.02. The summed E-state index contributed by atoms with van der Waals surface area (Å²) < 4.78 is 0. The Morgan fingerprint density at radius 1 is 1.06 bits per heavy atom. The summed E-state index contributed by atoms with van der Waals surface area (Å²) in [6.45, 7) is 6.88. The van der Waals surface area contributed by atoms with E-state index in [0.717, 1.165) is 17.7 Å². The van der Waals surface area contributed by atoms with E-state index in [9.17, 15) is 9.59 Å². The van der Waals surface area contributed by atoms with Gasteiger partial charge in [0.15, 0.2) is 0 Å². The number of rotatable bonds is 8. The number of carbonyl (C=O) groups excluding carboxylic acids is 2. The quantitative estimate of drug-likeness (QED) is 0.637. The van der Waals surface area contributed by atoms with Crippen molar-refractivity contribution in [2.24, 2.45) is 5.92 Å². The van der Waals surface area contributed by atoms with Crippen molar-refractivity contribution in [1.29, 1.82) is 0 Å². The van der Waals surface area contributed by atoms with Crippen molar-refractivity contribution >= 4 is 17.5 Å². The Kier molecular flexibility index (Phi) is 8.24. The number of amides is 2. The number of anilines is 1. The number of hydrogen-bond acceptors (Lipinski definition) is 3. The smallest absolute Gasteiger partial charge is 0.234 e. The van der Waals surface area contributed by atoms with Crippen molar-refractivity contribution in [3.8, 4) is 0 Å². The van der Waals surface area contributed by atoms with Crippen molar-refractivity contribution in [3.05, 3.63) is 65.7 Å². The fraction of sp³-hybridized carbons (Fsp3) is 0.462. The second-order valence-corrected chi connectivity index (χ2v) is 8.81. The summed E-state index contributed by atoms with van der Waals surface area (Å²) in [6, 6.07) is 18.4. The predicted octanol–water partition coefficient (Wildman–Crippen LogP) is 4.90. The van der Waals surface area contributed by atoms with E-state index in [2.05, 4.69) is 47.6 Å². The van der Waals surface area contributed by atoms with Crippen LogP contribution in [-0.2, 0) is 16.1 Å². The molecular weight excluding hydrogens is 386 g/mol. The Labute approximate surface area is 186 Å². The van der Waals surface area contributed by atoms with Gasteiger partial charge in [-0.15, -0.1) is 0 Å². The minimum Gasteiger partial charge on any atom is -0.352 e. The first kappa shape index (κ1) is 23.0. The van der Waals surface area contributed by atoms with E-state index < -0.39 is 0 Å². The van der Waals surface area contributed by atoms with Crippen molar-refractivity contribution in [1.82, 2.24) is 10.2 Å². The van der Waals surface area contributed by atoms with Gasteiger partial charge in [0.1, 0.15) is 0 Å². The molecule has 5 nitrogen and oxygen atoms in total. The highest BCUT2D eigenvalue weighted by molar-refractivity contribution is 5.88. The molecule has 2 aromatic rings. The van der Waals surface area contributed by atoms with Gasteiger partial charge in [0.2, 0.25) is 11.8 Å². The summed E-state index contributed by atoms with van der Waals surface area (Å²) in [5, 5.41) is 6.14. The molecule has 3 rings (SSSR count). The molecule has 166 valence electrons. The lowest BCUT2D eigenvalue weighted by molar-refractivity contribution is -0.124. The zero-order valence-corrected chi connectivity index (χ0v) is 18.9. The molecule has 0 heterocycles. The first-order valence-corrected chi connectivity index (χ1v) is 11.4. The molecule has 0 bridgehead atoms. The van der Waals surface area contributed by atoms with Crippen molar-refractivity contribution in [2.45, 2.75) is 65.1 Å². The largest absolute Gasteiger partial charge is 0.352 e. The lowest BCUT2D eigenvalue weighted by atomic mass is 9.86. The van der Waals surface area contributed by atoms with Crippen LogP contribution < -0.4 is 10.6 Å². The van der Waals surface area contributed by atoms with Crippen LogP contribution in [-0.4, -0.2) is 29.3 Å². The number of nitrogens with zero attached hydrogens (tertiary/aromatic N) is 1. The third kappa shape index (κ3) is 6.93. The Balaban J connectivity index is 1.75. The van der Waals surface area contributed by atoms with Gasteiger partial charge in [-0.05, 0) is 48.9 Å². The van der Waals surface area contributed by atoms with E-state index >= 15 is 0 Å². The highest BCUT2D eigenvalue weighted by Gasteiger charge is 2.25. The van der Waals surface area contributed by atoms with Crippen molar-refractivity contribution in [3.63, 3.8) is 0 Å². The third-order valence-electron chi connectivity index (χ3n) is 6.27.